The number of likely N-dealkylation sites (N-methyl/N-ethyl adjacent to an activating group) is 1. The van der Waals surface area contributed by atoms with Gasteiger partial charge in [-0.25, -0.2) is 0 Å². The lowest BCUT2D eigenvalue weighted by atomic mass is 9.96. The largest absolute Gasteiger partial charge is 0.359 e. The van der Waals surface area contributed by atoms with E-state index in [-0.39, 0.29) is 11.8 Å². The summed E-state index contributed by atoms with van der Waals surface area (Å²) in [7, 11) is 3.85. The van der Waals surface area contributed by atoms with E-state index in [0.717, 1.165) is 42.3 Å². The number of benzene rings is 1. The van der Waals surface area contributed by atoms with Gasteiger partial charge in [0, 0.05) is 72.5 Å². The minimum Gasteiger partial charge on any atom is -0.359 e. The summed E-state index contributed by atoms with van der Waals surface area (Å²) in [5, 5.41) is 4.78. The monoisotopic (exact) mass is 410 g/mol. The van der Waals surface area contributed by atoms with Crippen molar-refractivity contribution < 1.29 is 4.79 Å². The number of hydrogen-bond donors (Lipinski definition) is 1. The van der Waals surface area contributed by atoms with E-state index in [1.807, 2.05) is 25.3 Å². The lowest BCUT2D eigenvalue weighted by molar-refractivity contribution is -0.121. The number of carbonyl (C=O) groups is 1. The van der Waals surface area contributed by atoms with Gasteiger partial charge in [-0.15, -0.1) is 0 Å². The summed E-state index contributed by atoms with van der Waals surface area (Å²) in [5.41, 5.74) is 5.98. The first-order valence-electron chi connectivity index (χ1n) is 10.1. The van der Waals surface area contributed by atoms with E-state index in [4.69, 9.17) is 11.6 Å². The Morgan fingerprint density at radius 1 is 1.31 bits per heavy atom. The molecular formula is C23H27ClN4O. The van der Waals surface area contributed by atoms with Crippen LogP contribution in [-0.2, 0) is 24.3 Å². The number of hydrogen-bond acceptors (Lipinski definition) is 3. The summed E-state index contributed by atoms with van der Waals surface area (Å²) >= 11 is 6.32. The van der Waals surface area contributed by atoms with Gasteiger partial charge in [-0.2, -0.15) is 0 Å². The molecule has 0 saturated carbocycles. The maximum atomic E-state index is 12.3. The highest BCUT2D eigenvalue weighted by atomic mass is 35.5. The number of aromatic nitrogens is 2. The zero-order valence-electron chi connectivity index (χ0n) is 17.2. The predicted molar refractivity (Wildman–Crippen MR) is 117 cm³/mol. The highest BCUT2D eigenvalue weighted by molar-refractivity contribution is 6.31. The van der Waals surface area contributed by atoms with Crippen LogP contribution >= 0.6 is 11.6 Å². The molecule has 1 N–H and O–H groups in total. The molecule has 1 aromatic carbocycles. The van der Waals surface area contributed by atoms with Crippen LogP contribution < -0.4 is 5.32 Å². The average molecular weight is 411 g/mol. The molecule has 0 bridgehead atoms. The quantitative estimate of drug-likeness (QED) is 0.693. The highest BCUT2D eigenvalue weighted by Gasteiger charge is 2.25. The van der Waals surface area contributed by atoms with Crippen LogP contribution in [0.4, 0.5) is 0 Å². The van der Waals surface area contributed by atoms with Gasteiger partial charge in [0.15, 0.2) is 0 Å². The molecule has 1 aliphatic heterocycles. The van der Waals surface area contributed by atoms with Gasteiger partial charge in [0.2, 0.25) is 5.91 Å². The van der Waals surface area contributed by atoms with E-state index in [1.54, 1.807) is 7.05 Å². The van der Waals surface area contributed by atoms with Crippen molar-refractivity contribution in [2.24, 2.45) is 0 Å². The van der Waals surface area contributed by atoms with Crippen LogP contribution in [0.5, 0.6) is 0 Å². The number of nitrogens with zero attached hydrogens (tertiary/aromatic N) is 3. The summed E-state index contributed by atoms with van der Waals surface area (Å²) in [5.74, 6) is 0.0896. The van der Waals surface area contributed by atoms with Gasteiger partial charge < -0.3 is 14.8 Å². The fourth-order valence-corrected chi connectivity index (χ4v) is 4.48. The Labute approximate surface area is 176 Å². The van der Waals surface area contributed by atoms with Crippen LogP contribution in [0.25, 0.3) is 10.9 Å². The molecule has 2 aromatic heterocycles. The van der Waals surface area contributed by atoms with Gasteiger partial charge in [0.05, 0.1) is 0 Å². The third-order valence-electron chi connectivity index (χ3n) is 5.93. The van der Waals surface area contributed by atoms with Crippen molar-refractivity contribution in [1.29, 1.82) is 0 Å². The Morgan fingerprint density at radius 3 is 2.86 bits per heavy atom. The molecular weight excluding hydrogens is 384 g/mol. The predicted octanol–water partition coefficient (Wildman–Crippen LogP) is 3.91. The Bertz CT molecular complexity index is 1040. The van der Waals surface area contributed by atoms with Gasteiger partial charge in [0.25, 0.3) is 0 Å². The van der Waals surface area contributed by atoms with Crippen molar-refractivity contribution in [1.82, 2.24) is 19.8 Å². The molecule has 29 heavy (non-hydrogen) atoms. The minimum atomic E-state index is 0.0427. The van der Waals surface area contributed by atoms with Crippen LogP contribution in [0.15, 0.2) is 36.5 Å². The van der Waals surface area contributed by atoms with Gasteiger partial charge in [-0.1, -0.05) is 17.7 Å². The fourth-order valence-electron chi connectivity index (χ4n) is 4.31. The number of carbonyl (C=O) groups excluding carboxylic acids is 1. The maximum absolute atomic E-state index is 12.3. The Kier molecular flexibility index (Phi) is 5.61. The molecule has 3 heterocycles. The topological polar surface area (TPSA) is 50.2 Å². The SMILES string of the molecule is CNC(=O)CC(Cn1c2c(c3cc(Cl)ccc31)CCN(C)C2)c1ccc(C)nc1. The fraction of sp³-hybridized carbons (Fsp3) is 0.391. The molecule has 0 fully saturated rings. The first-order chi connectivity index (χ1) is 14.0. The number of pyridine rings is 1. The van der Waals surface area contributed by atoms with Gasteiger partial charge >= 0.3 is 0 Å². The number of halogens is 1. The third kappa shape index (κ3) is 4.02. The van der Waals surface area contributed by atoms with Crippen LogP contribution in [0, 0.1) is 6.92 Å². The lowest BCUT2D eigenvalue weighted by Gasteiger charge is -2.26. The summed E-state index contributed by atoms with van der Waals surface area (Å²) in [6, 6.07) is 10.3. The molecule has 1 amide bonds. The number of amides is 1. The van der Waals surface area contributed by atoms with E-state index in [0.29, 0.717) is 6.42 Å². The average Bonchev–Trinajstić information content (AvgIpc) is 3.00. The van der Waals surface area contributed by atoms with E-state index >= 15 is 0 Å². The zero-order chi connectivity index (χ0) is 20.5. The molecule has 1 atom stereocenters. The first kappa shape index (κ1) is 19.9. The number of rotatable bonds is 5. The molecule has 152 valence electrons. The van der Waals surface area contributed by atoms with Gasteiger partial charge in [-0.05, 0) is 55.8 Å². The third-order valence-corrected chi connectivity index (χ3v) is 6.17. The summed E-state index contributed by atoms with van der Waals surface area (Å²) in [4.78, 5) is 19.1. The van der Waals surface area contributed by atoms with Crippen LogP contribution in [0.2, 0.25) is 5.02 Å². The molecule has 1 aliphatic rings. The second-order valence-corrected chi connectivity index (χ2v) is 8.43. The number of nitrogens with one attached hydrogen (secondary N) is 1. The summed E-state index contributed by atoms with van der Waals surface area (Å²) in [6.07, 6.45) is 3.35. The lowest BCUT2D eigenvalue weighted by Crippen LogP contribution is -2.29. The van der Waals surface area contributed by atoms with Crippen LogP contribution in [-0.4, -0.2) is 41.0 Å². The normalized spacial score (nSPS) is 15.3. The Morgan fingerprint density at radius 2 is 2.14 bits per heavy atom. The van der Waals surface area contributed by atoms with Crippen molar-refractivity contribution in [2.75, 3.05) is 20.6 Å². The Hall–Kier alpha value is -2.37. The second-order valence-electron chi connectivity index (χ2n) is 7.99. The molecule has 0 aliphatic carbocycles. The number of fused-ring (bicyclic) bond motifs is 3. The zero-order valence-corrected chi connectivity index (χ0v) is 18.0. The van der Waals surface area contributed by atoms with Crippen molar-refractivity contribution in [3.05, 3.63) is 64.1 Å². The Balaban J connectivity index is 1.80. The van der Waals surface area contributed by atoms with Crippen LogP contribution in [0.3, 0.4) is 0 Å². The molecule has 1 unspecified atom stereocenters. The molecule has 5 nitrogen and oxygen atoms in total. The first-order valence-corrected chi connectivity index (χ1v) is 10.4. The van der Waals surface area contributed by atoms with Crippen molar-refractivity contribution in [3.8, 4) is 0 Å². The molecule has 3 aromatic rings. The summed E-state index contributed by atoms with van der Waals surface area (Å²) in [6.45, 7) is 4.66. The molecule has 4 rings (SSSR count). The molecule has 6 heteroatoms. The second kappa shape index (κ2) is 8.17. The molecule has 0 radical (unpaired) electrons. The van der Waals surface area contributed by atoms with E-state index in [1.165, 1.54) is 22.2 Å². The standard InChI is InChI=1S/C23H27ClN4O/c1-15-4-5-16(12-26-15)17(10-23(29)25-2)13-28-21-7-6-18(24)11-20(21)19-8-9-27(3)14-22(19)28/h4-7,11-12,17H,8-10,13-14H2,1-3H3,(H,25,29). The van der Waals surface area contributed by atoms with Crippen molar-refractivity contribution >= 4 is 28.4 Å². The maximum Gasteiger partial charge on any atom is 0.220 e. The molecule has 0 spiro atoms. The highest BCUT2D eigenvalue weighted by Crippen LogP contribution is 2.34. The van der Waals surface area contributed by atoms with E-state index < -0.39 is 0 Å². The van der Waals surface area contributed by atoms with Gasteiger partial charge in [0.1, 0.15) is 0 Å². The smallest absolute Gasteiger partial charge is 0.220 e. The minimum absolute atomic E-state index is 0.0427. The van der Waals surface area contributed by atoms with E-state index in [9.17, 15) is 4.79 Å². The molecule has 0 saturated heterocycles. The summed E-state index contributed by atoms with van der Waals surface area (Å²) < 4.78 is 2.39. The van der Waals surface area contributed by atoms with Gasteiger partial charge in [-0.3, -0.25) is 9.78 Å². The van der Waals surface area contributed by atoms with Crippen molar-refractivity contribution in [2.45, 2.75) is 38.8 Å². The van der Waals surface area contributed by atoms with E-state index in [2.05, 4.69) is 45.0 Å². The van der Waals surface area contributed by atoms with Crippen LogP contribution in [0.1, 0.15) is 34.9 Å². The number of aryl methyl sites for hydroxylation is 1. The van der Waals surface area contributed by atoms with Crippen molar-refractivity contribution in [3.63, 3.8) is 0 Å².